The lowest BCUT2D eigenvalue weighted by Crippen LogP contribution is -2.08. The molecule has 0 spiro atoms. The molecule has 0 aliphatic heterocycles. The van der Waals surface area contributed by atoms with E-state index < -0.39 is 5.91 Å². The Hall–Kier alpha value is -2.99. The molecule has 0 radical (unpaired) electrons. The van der Waals surface area contributed by atoms with Crippen LogP contribution in [0.5, 0.6) is 11.6 Å². The van der Waals surface area contributed by atoms with Gasteiger partial charge in [-0.2, -0.15) is 0 Å². The van der Waals surface area contributed by atoms with Gasteiger partial charge in [-0.15, -0.1) is 5.10 Å². The molecule has 1 amide bonds. The topological polar surface area (TPSA) is 102 Å². The molecule has 0 unspecified atom stereocenters. The smallest absolute Gasteiger partial charge is 0.249 e. The molecule has 0 N–H and O–H groups in total. The van der Waals surface area contributed by atoms with Crippen LogP contribution in [0.15, 0.2) is 35.6 Å². The Morgan fingerprint density at radius 1 is 1.41 bits per heavy atom. The average Bonchev–Trinajstić information content (AvgIpc) is 2.92. The van der Waals surface area contributed by atoms with Crippen molar-refractivity contribution >= 4 is 5.91 Å². The van der Waals surface area contributed by atoms with Crippen LogP contribution in [0.4, 0.5) is 0 Å². The van der Waals surface area contributed by atoms with Gasteiger partial charge in [-0.3, -0.25) is 9.48 Å². The van der Waals surface area contributed by atoms with Crippen molar-refractivity contribution in [2.45, 2.75) is 13.5 Å². The molecule has 114 valence electrons. The Labute approximate surface area is 126 Å². The maximum Gasteiger partial charge on any atom is 0.249 e. The number of benzene rings is 1. The molecule has 8 nitrogen and oxygen atoms in total. The second kappa shape index (κ2) is 7.14. The number of nitrogens with zero attached hydrogens (tertiary/aromatic N) is 5. The van der Waals surface area contributed by atoms with Crippen LogP contribution in [-0.2, 0) is 13.7 Å². The molecule has 2 rings (SSSR count). The number of rotatable bonds is 6. The number of azide groups is 1. The first-order valence-electron chi connectivity index (χ1n) is 6.62. The second-order valence-electron chi connectivity index (χ2n) is 4.33. The van der Waals surface area contributed by atoms with Crippen LogP contribution in [-0.4, -0.2) is 22.3 Å². The Balaban J connectivity index is 2.32. The van der Waals surface area contributed by atoms with Crippen LogP contribution in [0.1, 0.15) is 22.8 Å². The molecule has 0 saturated carbocycles. The van der Waals surface area contributed by atoms with Crippen LogP contribution in [0.2, 0.25) is 0 Å². The number of hydrogen-bond acceptors (Lipinski definition) is 4. The van der Waals surface area contributed by atoms with Crippen molar-refractivity contribution in [3.63, 3.8) is 0 Å². The van der Waals surface area contributed by atoms with E-state index in [0.717, 1.165) is 0 Å². The zero-order chi connectivity index (χ0) is 15.9. The minimum Gasteiger partial charge on any atom is -0.493 e. The molecule has 0 aliphatic rings. The molecule has 1 aromatic carbocycles. The molecule has 0 aliphatic carbocycles. The van der Waals surface area contributed by atoms with E-state index in [1.165, 1.54) is 0 Å². The molecule has 8 heteroatoms. The minimum atomic E-state index is -0.677. The predicted molar refractivity (Wildman–Crippen MR) is 78.6 cm³/mol. The third-order valence-electron chi connectivity index (χ3n) is 2.85. The van der Waals surface area contributed by atoms with Crippen molar-refractivity contribution < 1.29 is 14.3 Å². The fraction of sp³-hybridized carbons (Fsp3) is 0.286. The molecule has 0 bridgehead atoms. The van der Waals surface area contributed by atoms with Gasteiger partial charge in [0.25, 0.3) is 0 Å². The summed E-state index contributed by atoms with van der Waals surface area (Å²) in [4.78, 5) is 14.4. The summed E-state index contributed by atoms with van der Waals surface area (Å²) in [7, 11) is 1.78. The Bertz CT molecular complexity index is 719. The van der Waals surface area contributed by atoms with Gasteiger partial charge in [0.1, 0.15) is 12.4 Å². The second-order valence-corrected chi connectivity index (χ2v) is 4.33. The normalized spacial score (nSPS) is 9.91. The van der Waals surface area contributed by atoms with Gasteiger partial charge in [0.15, 0.2) is 0 Å². The van der Waals surface area contributed by atoms with Crippen LogP contribution in [0.25, 0.3) is 10.4 Å². The predicted octanol–water partition coefficient (Wildman–Crippen LogP) is 2.85. The van der Waals surface area contributed by atoms with E-state index in [2.05, 4.69) is 15.1 Å². The first-order chi connectivity index (χ1) is 10.7. The summed E-state index contributed by atoms with van der Waals surface area (Å²) in [6, 6.07) is 6.66. The monoisotopic (exact) mass is 301 g/mol. The number of aryl methyl sites for hydroxylation is 1. The Kier molecular flexibility index (Phi) is 5.00. The van der Waals surface area contributed by atoms with Gasteiger partial charge >= 0.3 is 0 Å². The molecule has 1 heterocycles. The number of ether oxygens (including phenoxy) is 2. The van der Waals surface area contributed by atoms with Gasteiger partial charge in [-0.1, -0.05) is 12.1 Å². The van der Waals surface area contributed by atoms with E-state index in [9.17, 15) is 4.79 Å². The van der Waals surface area contributed by atoms with E-state index in [1.807, 2.05) is 6.92 Å². The Morgan fingerprint density at radius 2 is 2.23 bits per heavy atom. The first-order valence-corrected chi connectivity index (χ1v) is 6.62. The summed E-state index contributed by atoms with van der Waals surface area (Å²) < 4.78 is 12.7. The quantitative estimate of drug-likeness (QED) is 0.465. The SMILES string of the molecule is CCOc1cccc(C(=O)N=[N+]=[N-])c1COc1ccn(C)n1. The largest absolute Gasteiger partial charge is 0.493 e. The summed E-state index contributed by atoms with van der Waals surface area (Å²) in [6.45, 7) is 2.36. The van der Waals surface area contributed by atoms with Crippen molar-refractivity contribution in [1.29, 1.82) is 0 Å². The molecule has 1 aromatic heterocycles. The number of carbonyl (C=O) groups excluding carboxylic acids is 1. The number of hydrogen-bond donors (Lipinski definition) is 0. The highest BCUT2D eigenvalue weighted by molar-refractivity contribution is 5.96. The molecular formula is C14H15N5O3. The summed E-state index contributed by atoms with van der Waals surface area (Å²) in [6.07, 6.45) is 1.75. The van der Waals surface area contributed by atoms with Crippen molar-refractivity contribution in [1.82, 2.24) is 9.78 Å². The number of aromatic nitrogens is 2. The minimum absolute atomic E-state index is 0.0786. The summed E-state index contributed by atoms with van der Waals surface area (Å²) in [5.74, 6) is 0.261. The molecule has 0 fully saturated rings. The molecular weight excluding hydrogens is 286 g/mol. The summed E-state index contributed by atoms with van der Waals surface area (Å²) in [5.41, 5.74) is 9.20. The van der Waals surface area contributed by atoms with E-state index >= 15 is 0 Å². The van der Waals surface area contributed by atoms with Crippen LogP contribution >= 0.6 is 0 Å². The zero-order valence-corrected chi connectivity index (χ0v) is 12.3. The third-order valence-corrected chi connectivity index (χ3v) is 2.85. The molecule has 0 saturated heterocycles. The van der Waals surface area contributed by atoms with Crippen molar-refractivity contribution in [3.8, 4) is 11.6 Å². The Morgan fingerprint density at radius 3 is 2.86 bits per heavy atom. The van der Waals surface area contributed by atoms with Crippen LogP contribution < -0.4 is 9.47 Å². The maximum atomic E-state index is 11.9. The number of amides is 1. The van der Waals surface area contributed by atoms with Crippen molar-refractivity contribution in [2.75, 3.05) is 6.61 Å². The van der Waals surface area contributed by atoms with E-state index in [0.29, 0.717) is 23.8 Å². The van der Waals surface area contributed by atoms with Gasteiger partial charge in [0, 0.05) is 35.3 Å². The van der Waals surface area contributed by atoms with Crippen LogP contribution in [0.3, 0.4) is 0 Å². The summed E-state index contributed by atoms with van der Waals surface area (Å²) >= 11 is 0. The highest BCUT2D eigenvalue weighted by Gasteiger charge is 2.16. The third kappa shape index (κ3) is 3.56. The standard InChI is InChI=1S/C14H15N5O3/c1-3-21-12-6-4-5-10(14(20)16-18-15)11(12)9-22-13-7-8-19(2)17-13/h4-8H,3,9H2,1-2H3. The number of carbonyl (C=O) groups is 1. The van der Waals surface area contributed by atoms with E-state index in [-0.39, 0.29) is 12.2 Å². The van der Waals surface area contributed by atoms with E-state index in [4.69, 9.17) is 15.0 Å². The molecule has 0 atom stereocenters. The van der Waals surface area contributed by atoms with Gasteiger partial charge in [-0.25, -0.2) is 0 Å². The lowest BCUT2D eigenvalue weighted by Gasteiger charge is -2.13. The molecule has 22 heavy (non-hydrogen) atoms. The van der Waals surface area contributed by atoms with Gasteiger partial charge in [-0.05, 0) is 23.6 Å². The lowest BCUT2D eigenvalue weighted by atomic mass is 10.1. The van der Waals surface area contributed by atoms with Gasteiger partial charge < -0.3 is 9.47 Å². The lowest BCUT2D eigenvalue weighted by molar-refractivity contribution is 0.0997. The van der Waals surface area contributed by atoms with E-state index in [1.54, 1.807) is 42.2 Å². The first kappa shape index (κ1) is 15.4. The van der Waals surface area contributed by atoms with Crippen LogP contribution in [0, 0.1) is 0 Å². The van der Waals surface area contributed by atoms with Gasteiger partial charge in [0.2, 0.25) is 11.8 Å². The average molecular weight is 301 g/mol. The zero-order valence-electron chi connectivity index (χ0n) is 12.3. The highest BCUT2D eigenvalue weighted by atomic mass is 16.5. The highest BCUT2D eigenvalue weighted by Crippen LogP contribution is 2.25. The van der Waals surface area contributed by atoms with Gasteiger partial charge in [0.05, 0.1) is 6.61 Å². The maximum absolute atomic E-state index is 11.9. The molecule has 2 aromatic rings. The van der Waals surface area contributed by atoms with Crippen molar-refractivity contribution in [3.05, 3.63) is 52.0 Å². The fourth-order valence-corrected chi connectivity index (χ4v) is 1.92. The van der Waals surface area contributed by atoms with Crippen molar-refractivity contribution in [2.24, 2.45) is 12.2 Å². The fourth-order valence-electron chi connectivity index (χ4n) is 1.92. The summed E-state index contributed by atoms with van der Waals surface area (Å²) in [5, 5.41) is 7.23.